The summed E-state index contributed by atoms with van der Waals surface area (Å²) in [5, 5.41) is 5.28. The molecule has 0 aliphatic heterocycles. The molecule has 4 nitrogen and oxygen atoms in total. The highest BCUT2D eigenvalue weighted by atomic mass is 16.1. The van der Waals surface area contributed by atoms with E-state index in [9.17, 15) is 4.79 Å². The zero-order valence-electron chi connectivity index (χ0n) is 11.5. The molecule has 1 aromatic carbocycles. The second-order valence-electron chi connectivity index (χ2n) is 4.89. The zero-order valence-corrected chi connectivity index (χ0v) is 11.5. The number of hydrogen-bond acceptors (Lipinski definition) is 3. The van der Waals surface area contributed by atoms with E-state index in [1.807, 2.05) is 49.4 Å². The molecule has 0 aliphatic carbocycles. The molecule has 0 N–H and O–H groups in total. The van der Waals surface area contributed by atoms with Crippen molar-refractivity contribution in [1.82, 2.24) is 14.8 Å². The lowest BCUT2D eigenvalue weighted by atomic mass is 10.1. The average Bonchev–Trinajstić information content (AvgIpc) is 2.78. The molecule has 0 atom stereocenters. The van der Waals surface area contributed by atoms with Gasteiger partial charge in [0.1, 0.15) is 5.69 Å². The van der Waals surface area contributed by atoms with E-state index in [1.165, 1.54) is 0 Å². The fourth-order valence-corrected chi connectivity index (χ4v) is 2.33. The number of Topliss-reactive ketones (excluding diaryl/α,β-unsaturated/α-hetero) is 1. The number of carbonyl (C=O) groups is 1. The number of carbonyl (C=O) groups excluding carboxylic acids is 1. The van der Waals surface area contributed by atoms with Crippen LogP contribution in [0.2, 0.25) is 0 Å². The van der Waals surface area contributed by atoms with Gasteiger partial charge in [0.2, 0.25) is 0 Å². The van der Waals surface area contributed by atoms with Crippen LogP contribution in [0.4, 0.5) is 0 Å². The molecule has 0 aliphatic rings. The van der Waals surface area contributed by atoms with E-state index in [4.69, 9.17) is 0 Å². The first-order valence-electron chi connectivity index (χ1n) is 6.52. The number of benzene rings is 1. The number of ketones is 1. The van der Waals surface area contributed by atoms with Gasteiger partial charge in [-0.2, -0.15) is 5.10 Å². The Morgan fingerprint density at radius 1 is 1.20 bits per heavy atom. The summed E-state index contributed by atoms with van der Waals surface area (Å²) in [6.45, 7) is 1.88. The van der Waals surface area contributed by atoms with Gasteiger partial charge in [0.15, 0.2) is 5.78 Å². The number of pyridine rings is 1. The summed E-state index contributed by atoms with van der Waals surface area (Å²) < 4.78 is 1.62. The van der Waals surface area contributed by atoms with Crippen molar-refractivity contribution in [3.63, 3.8) is 0 Å². The lowest BCUT2D eigenvalue weighted by Crippen LogP contribution is -2.10. The minimum atomic E-state index is 0.0379. The van der Waals surface area contributed by atoms with Crippen molar-refractivity contribution < 1.29 is 4.79 Å². The van der Waals surface area contributed by atoms with E-state index in [0.717, 1.165) is 22.3 Å². The van der Waals surface area contributed by atoms with Crippen molar-refractivity contribution in [3.05, 3.63) is 59.5 Å². The van der Waals surface area contributed by atoms with Crippen molar-refractivity contribution in [3.8, 4) is 0 Å². The summed E-state index contributed by atoms with van der Waals surface area (Å²) in [5.74, 6) is 0.0379. The van der Waals surface area contributed by atoms with Crippen LogP contribution in [0, 0.1) is 6.92 Å². The van der Waals surface area contributed by atoms with E-state index in [-0.39, 0.29) is 5.78 Å². The number of hydrogen-bond donors (Lipinski definition) is 0. The first-order valence-corrected chi connectivity index (χ1v) is 6.52. The quantitative estimate of drug-likeness (QED) is 0.684. The van der Waals surface area contributed by atoms with Gasteiger partial charge in [-0.3, -0.25) is 14.5 Å². The third-order valence-electron chi connectivity index (χ3n) is 3.29. The molecule has 0 unspecified atom stereocenters. The fourth-order valence-electron chi connectivity index (χ4n) is 2.33. The van der Waals surface area contributed by atoms with Gasteiger partial charge in [-0.15, -0.1) is 0 Å². The van der Waals surface area contributed by atoms with E-state index < -0.39 is 0 Å². The van der Waals surface area contributed by atoms with E-state index >= 15 is 0 Å². The molecular weight excluding hydrogens is 250 g/mol. The van der Waals surface area contributed by atoms with Crippen molar-refractivity contribution in [2.75, 3.05) is 0 Å². The van der Waals surface area contributed by atoms with Crippen molar-refractivity contribution in [2.24, 2.45) is 7.05 Å². The first-order chi connectivity index (χ1) is 9.63. The van der Waals surface area contributed by atoms with Crippen LogP contribution in [-0.2, 0) is 13.5 Å². The highest BCUT2D eigenvalue weighted by molar-refractivity contribution is 5.96. The topological polar surface area (TPSA) is 47.8 Å². The molecule has 0 saturated carbocycles. The largest absolute Gasteiger partial charge is 0.292 e. The second kappa shape index (κ2) is 4.89. The molecule has 100 valence electrons. The molecule has 0 radical (unpaired) electrons. The third-order valence-corrected chi connectivity index (χ3v) is 3.29. The van der Waals surface area contributed by atoms with Crippen LogP contribution in [0.15, 0.2) is 42.5 Å². The van der Waals surface area contributed by atoms with Gasteiger partial charge in [-0.05, 0) is 25.1 Å². The minimum absolute atomic E-state index is 0.0379. The normalized spacial score (nSPS) is 10.9. The summed E-state index contributed by atoms with van der Waals surface area (Å²) in [5.41, 5.74) is 3.17. The maximum absolute atomic E-state index is 12.3. The Balaban J connectivity index is 1.89. The van der Waals surface area contributed by atoms with E-state index in [1.54, 1.807) is 11.7 Å². The predicted octanol–water partition coefficient (Wildman–Crippen LogP) is 2.70. The van der Waals surface area contributed by atoms with Gasteiger partial charge in [-0.25, -0.2) is 0 Å². The molecular formula is C16H15N3O. The lowest BCUT2D eigenvalue weighted by Gasteiger charge is -2.03. The van der Waals surface area contributed by atoms with Crippen molar-refractivity contribution in [2.45, 2.75) is 13.3 Å². The Kier molecular flexibility index (Phi) is 3.06. The van der Waals surface area contributed by atoms with Gasteiger partial charge < -0.3 is 0 Å². The zero-order chi connectivity index (χ0) is 14.1. The monoisotopic (exact) mass is 265 g/mol. The smallest absolute Gasteiger partial charge is 0.186 e. The highest BCUT2D eigenvalue weighted by Crippen LogP contribution is 2.13. The standard InChI is InChI=1S/C16H15N3O/c1-11-9-15(19(2)18-11)16(20)10-13-8-7-12-5-3-4-6-14(12)17-13/h3-9H,10H2,1-2H3. The predicted molar refractivity (Wildman–Crippen MR) is 77.7 cm³/mol. The maximum atomic E-state index is 12.3. The van der Waals surface area contributed by atoms with Crippen LogP contribution < -0.4 is 0 Å². The summed E-state index contributed by atoms with van der Waals surface area (Å²) in [4.78, 5) is 16.8. The number of rotatable bonds is 3. The molecule has 0 bridgehead atoms. The van der Waals surface area contributed by atoms with Crippen LogP contribution in [0.5, 0.6) is 0 Å². The Bertz CT molecular complexity index is 789. The summed E-state index contributed by atoms with van der Waals surface area (Å²) in [6, 6.07) is 13.6. The number of aromatic nitrogens is 3. The van der Waals surface area contributed by atoms with Crippen LogP contribution in [0.25, 0.3) is 10.9 Å². The molecule has 20 heavy (non-hydrogen) atoms. The molecule has 3 rings (SSSR count). The summed E-state index contributed by atoms with van der Waals surface area (Å²) in [7, 11) is 1.79. The maximum Gasteiger partial charge on any atom is 0.186 e. The van der Waals surface area contributed by atoms with Gasteiger partial charge >= 0.3 is 0 Å². The molecule has 4 heteroatoms. The van der Waals surface area contributed by atoms with Crippen LogP contribution in [-0.4, -0.2) is 20.5 Å². The highest BCUT2D eigenvalue weighted by Gasteiger charge is 2.13. The van der Waals surface area contributed by atoms with Crippen LogP contribution in [0.3, 0.4) is 0 Å². The minimum Gasteiger partial charge on any atom is -0.292 e. The lowest BCUT2D eigenvalue weighted by molar-refractivity contribution is 0.0983. The number of nitrogens with zero attached hydrogens (tertiary/aromatic N) is 3. The van der Waals surface area contributed by atoms with Gasteiger partial charge in [0, 0.05) is 18.1 Å². The van der Waals surface area contributed by atoms with Crippen molar-refractivity contribution >= 4 is 16.7 Å². The molecule has 0 spiro atoms. The molecule has 0 fully saturated rings. The van der Waals surface area contributed by atoms with Crippen LogP contribution >= 0.6 is 0 Å². The van der Waals surface area contributed by atoms with Gasteiger partial charge in [0.25, 0.3) is 0 Å². The Labute approximate surface area is 117 Å². The average molecular weight is 265 g/mol. The Hall–Kier alpha value is -2.49. The first kappa shape index (κ1) is 12.5. The molecule has 0 amide bonds. The van der Waals surface area contributed by atoms with E-state index in [2.05, 4.69) is 10.1 Å². The molecule has 2 aromatic heterocycles. The van der Waals surface area contributed by atoms with E-state index in [0.29, 0.717) is 12.1 Å². The molecule has 0 saturated heterocycles. The summed E-state index contributed by atoms with van der Waals surface area (Å²) >= 11 is 0. The SMILES string of the molecule is Cc1cc(C(=O)Cc2ccc3ccccc3n2)n(C)n1. The van der Waals surface area contributed by atoms with Crippen LogP contribution in [0.1, 0.15) is 21.9 Å². The second-order valence-corrected chi connectivity index (χ2v) is 4.89. The number of fused-ring (bicyclic) bond motifs is 1. The number of aryl methyl sites for hydroxylation is 2. The van der Waals surface area contributed by atoms with Crippen molar-refractivity contribution in [1.29, 1.82) is 0 Å². The summed E-state index contributed by atoms with van der Waals surface area (Å²) in [6.07, 6.45) is 0.295. The molecule has 2 heterocycles. The molecule has 3 aromatic rings. The Morgan fingerprint density at radius 3 is 2.75 bits per heavy atom. The third kappa shape index (κ3) is 2.32. The number of para-hydroxylation sites is 1. The van der Waals surface area contributed by atoms with Gasteiger partial charge in [0.05, 0.1) is 17.6 Å². The fraction of sp³-hybridized carbons (Fsp3) is 0.188. The Morgan fingerprint density at radius 2 is 2.00 bits per heavy atom. The van der Waals surface area contributed by atoms with Gasteiger partial charge in [-0.1, -0.05) is 24.3 Å².